The fourth-order valence-corrected chi connectivity index (χ4v) is 3.96. The molecule has 0 saturated heterocycles. The lowest BCUT2D eigenvalue weighted by Gasteiger charge is -2.22. The Morgan fingerprint density at radius 2 is 2.11 bits per heavy atom. The molecule has 0 bridgehead atoms. The smallest absolute Gasteiger partial charge is 0.146 e. The second-order valence-corrected chi connectivity index (χ2v) is 6.70. The molecule has 0 heterocycles. The minimum Gasteiger partial charge on any atom is -0.298 e. The predicted molar refractivity (Wildman–Crippen MR) is 82.4 cm³/mol. The van der Waals surface area contributed by atoms with E-state index in [-0.39, 0.29) is 5.25 Å². The first-order valence-corrected chi connectivity index (χ1v) is 7.94. The van der Waals surface area contributed by atoms with Gasteiger partial charge in [0, 0.05) is 11.3 Å². The van der Waals surface area contributed by atoms with Gasteiger partial charge in [-0.3, -0.25) is 4.79 Å². The number of Topliss-reactive ketones (excluding diaryl/α,β-unsaturated/α-hetero) is 1. The van der Waals surface area contributed by atoms with Crippen LogP contribution in [0.1, 0.15) is 32.6 Å². The van der Waals surface area contributed by atoms with Crippen LogP contribution in [0.4, 0.5) is 0 Å². The first-order chi connectivity index (χ1) is 9.20. The third kappa shape index (κ3) is 3.97. The Balaban J connectivity index is 2.08. The molecular formula is C17H22OS. The molecule has 1 aliphatic carbocycles. The number of benzene rings is 1. The quantitative estimate of drug-likeness (QED) is 0.583. The number of carbonyl (C=O) groups excluding carboxylic acids is 1. The Labute approximate surface area is 120 Å². The summed E-state index contributed by atoms with van der Waals surface area (Å²) in [6, 6.07) is 10.3. The molecule has 1 aromatic rings. The molecule has 102 valence electrons. The van der Waals surface area contributed by atoms with Crippen molar-refractivity contribution in [2.45, 2.75) is 42.8 Å². The predicted octanol–water partition coefficient (Wildman–Crippen LogP) is 4.73. The van der Waals surface area contributed by atoms with Crippen molar-refractivity contribution in [3.63, 3.8) is 0 Å². The highest BCUT2D eigenvalue weighted by Crippen LogP contribution is 2.37. The summed E-state index contributed by atoms with van der Waals surface area (Å²) in [5, 5.41) is 0.122. The third-order valence-electron chi connectivity index (χ3n) is 4.02. The summed E-state index contributed by atoms with van der Waals surface area (Å²) in [5.74, 6) is 1.65. The number of allylic oxidation sites excluding steroid dienone is 1. The first-order valence-electron chi connectivity index (χ1n) is 7.06. The van der Waals surface area contributed by atoms with Crippen molar-refractivity contribution in [2.75, 3.05) is 0 Å². The van der Waals surface area contributed by atoms with E-state index in [4.69, 9.17) is 0 Å². The van der Waals surface area contributed by atoms with Crippen molar-refractivity contribution in [2.24, 2.45) is 11.8 Å². The average molecular weight is 274 g/mol. The maximum atomic E-state index is 12.3. The van der Waals surface area contributed by atoms with Crippen molar-refractivity contribution in [3.8, 4) is 0 Å². The van der Waals surface area contributed by atoms with Crippen LogP contribution in [0.3, 0.4) is 0 Å². The maximum absolute atomic E-state index is 12.3. The second kappa shape index (κ2) is 6.95. The van der Waals surface area contributed by atoms with E-state index < -0.39 is 0 Å². The van der Waals surface area contributed by atoms with Crippen LogP contribution in [-0.4, -0.2) is 11.0 Å². The molecule has 1 aromatic carbocycles. The first kappa shape index (κ1) is 14.4. The van der Waals surface area contributed by atoms with E-state index in [0.29, 0.717) is 17.6 Å². The average Bonchev–Trinajstić information content (AvgIpc) is 2.55. The van der Waals surface area contributed by atoms with Gasteiger partial charge in [-0.1, -0.05) is 31.2 Å². The topological polar surface area (TPSA) is 17.1 Å². The molecule has 2 rings (SSSR count). The van der Waals surface area contributed by atoms with Gasteiger partial charge in [0.15, 0.2) is 0 Å². The van der Waals surface area contributed by atoms with E-state index in [1.165, 1.54) is 4.90 Å². The minimum atomic E-state index is 0.122. The van der Waals surface area contributed by atoms with Gasteiger partial charge in [-0.05, 0) is 43.2 Å². The van der Waals surface area contributed by atoms with E-state index in [2.05, 4.69) is 25.6 Å². The van der Waals surface area contributed by atoms with Crippen LogP contribution in [0.5, 0.6) is 0 Å². The zero-order valence-electron chi connectivity index (χ0n) is 11.5. The van der Waals surface area contributed by atoms with E-state index in [9.17, 15) is 4.79 Å². The van der Waals surface area contributed by atoms with Crippen LogP contribution < -0.4 is 0 Å². The highest BCUT2D eigenvalue weighted by Gasteiger charge is 2.30. The number of thioether (sulfide) groups is 1. The summed E-state index contributed by atoms with van der Waals surface area (Å²) in [6.07, 6.45) is 5.79. The summed E-state index contributed by atoms with van der Waals surface area (Å²) in [7, 11) is 0. The van der Waals surface area contributed by atoms with Crippen molar-refractivity contribution < 1.29 is 4.79 Å². The molecule has 19 heavy (non-hydrogen) atoms. The molecule has 1 saturated carbocycles. The maximum Gasteiger partial charge on any atom is 0.146 e. The lowest BCUT2D eigenvalue weighted by atomic mass is 9.87. The van der Waals surface area contributed by atoms with Crippen LogP contribution in [0.25, 0.3) is 0 Å². The number of carbonyl (C=O) groups is 1. The molecular weight excluding hydrogens is 252 g/mol. The molecule has 0 spiro atoms. The van der Waals surface area contributed by atoms with Gasteiger partial charge >= 0.3 is 0 Å². The molecule has 3 unspecified atom stereocenters. The summed E-state index contributed by atoms with van der Waals surface area (Å²) >= 11 is 1.73. The molecule has 0 aromatic heterocycles. The van der Waals surface area contributed by atoms with Gasteiger partial charge in [0.05, 0.1) is 5.25 Å². The summed E-state index contributed by atoms with van der Waals surface area (Å²) < 4.78 is 0. The van der Waals surface area contributed by atoms with Crippen LogP contribution in [0.15, 0.2) is 47.9 Å². The van der Waals surface area contributed by atoms with Crippen LogP contribution in [-0.2, 0) is 4.79 Å². The Morgan fingerprint density at radius 1 is 1.37 bits per heavy atom. The molecule has 1 fully saturated rings. The molecule has 0 amide bonds. The van der Waals surface area contributed by atoms with Crippen LogP contribution in [0.2, 0.25) is 0 Å². The van der Waals surface area contributed by atoms with Gasteiger partial charge in [-0.25, -0.2) is 0 Å². The van der Waals surface area contributed by atoms with Crippen molar-refractivity contribution in [1.82, 2.24) is 0 Å². The summed E-state index contributed by atoms with van der Waals surface area (Å²) in [5.41, 5.74) is 0. The second-order valence-electron chi connectivity index (χ2n) is 5.42. The molecule has 2 heteroatoms. The van der Waals surface area contributed by atoms with Gasteiger partial charge in [0.25, 0.3) is 0 Å². The Bertz CT molecular complexity index is 426. The fraction of sp³-hybridized carbons (Fsp3) is 0.471. The van der Waals surface area contributed by atoms with Crippen molar-refractivity contribution in [3.05, 3.63) is 43.0 Å². The Kier molecular flexibility index (Phi) is 5.26. The van der Waals surface area contributed by atoms with Gasteiger partial charge in [-0.2, -0.15) is 0 Å². The number of hydrogen-bond acceptors (Lipinski definition) is 2. The molecule has 1 aliphatic rings. The summed E-state index contributed by atoms with van der Waals surface area (Å²) in [4.78, 5) is 13.5. The largest absolute Gasteiger partial charge is 0.298 e. The lowest BCUT2D eigenvalue weighted by Crippen LogP contribution is -2.18. The SMILES string of the molecule is C=CCC1CC(Sc2ccccc2)C(=O)CCC1C. The zero-order valence-corrected chi connectivity index (χ0v) is 12.4. The minimum absolute atomic E-state index is 0.122. The number of rotatable bonds is 4. The standard InChI is InChI=1S/C17H22OS/c1-3-7-14-12-17(16(18)11-10-13(14)2)19-15-8-5-4-6-9-15/h3-6,8-9,13-14,17H,1,7,10-12H2,2H3. The van der Waals surface area contributed by atoms with E-state index in [1.54, 1.807) is 11.8 Å². The molecule has 3 atom stereocenters. The van der Waals surface area contributed by atoms with Crippen molar-refractivity contribution >= 4 is 17.5 Å². The zero-order chi connectivity index (χ0) is 13.7. The third-order valence-corrected chi connectivity index (χ3v) is 5.30. The van der Waals surface area contributed by atoms with Gasteiger partial charge in [0.2, 0.25) is 0 Å². The summed E-state index contributed by atoms with van der Waals surface area (Å²) in [6.45, 7) is 6.13. The highest BCUT2D eigenvalue weighted by atomic mass is 32.2. The normalized spacial score (nSPS) is 27.8. The lowest BCUT2D eigenvalue weighted by molar-refractivity contribution is -0.118. The van der Waals surface area contributed by atoms with E-state index in [0.717, 1.165) is 25.7 Å². The molecule has 0 radical (unpaired) electrons. The monoisotopic (exact) mass is 274 g/mol. The van der Waals surface area contributed by atoms with E-state index in [1.807, 2.05) is 24.3 Å². The highest BCUT2D eigenvalue weighted by molar-refractivity contribution is 8.00. The van der Waals surface area contributed by atoms with Gasteiger partial charge in [0.1, 0.15) is 5.78 Å². The Morgan fingerprint density at radius 3 is 2.79 bits per heavy atom. The molecule has 0 aliphatic heterocycles. The molecule has 1 nitrogen and oxygen atoms in total. The number of ketones is 1. The van der Waals surface area contributed by atoms with Gasteiger partial charge < -0.3 is 0 Å². The molecule has 0 N–H and O–H groups in total. The number of hydrogen-bond donors (Lipinski definition) is 0. The van der Waals surface area contributed by atoms with Crippen LogP contribution in [0, 0.1) is 11.8 Å². The Hall–Kier alpha value is -1.02. The van der Waals surface area contributed by atoms with Crippen LogP contribution >= 0.6 is 11.8 Å². The van der Waals surface area contributed by atoms with E-state index >= 15 is 0 Å². The fourth-order valence-electron chi connectivity index (χ4n) is 2.73. The van der Waals surface area contributed by atoms with Crippen molar-refractivity contribution in [1.29, 1.82) is 0 Å². The van der Waals surface area contributed by atoms with Gasteiger partial charge in [-0.15, -0.1) is 18.3 Å².